The van der Waals surface area contributed by atoms with Crippen molar-refractivity contribution in [3.05, 3.63) is 42.5 Å². The lowest BCUT2D eigenvalue weighted by molar-refractivity contribution is 0.0954. The predicted octanol–water partition coefficient (Wildman–Crippen LogP) is 1.40. The zero-order chi connectivity index (χ0) is 12.9. The second kappa shape index (κ2) is 5.63. The van der Waals surface area contributed by atoms with Crippen LogP contribution in [0.3, 0.4) is 0 Å². The van der Waals surface area contributed by atoms with E-state index in [9.17, 15) is 13.2 Å². The molecule has 4 nitrogen and oxygen atoms in total. The fourth-order valence-corrected chi connectivity index (χ4v) is 1.87. The van der Waals surface area contributed by atoms with Crippen molar-refractivity contribution in [2.75, 3.05) is 12.8 Å². The first-order valence-corrected chi connectivity index (χ1v) is 7.03. The Morgan fingerprint density at radius 2 is 1.94 bits per heavy atom. The molecule has 92 valence electrons. The van der Waals surface area contributed by atoms with E-state index in [2.05, 4.69) is 11.9 Å². The maximum atomic E-state index is 11.6. The van der Waals surface area contributed by atoms with E-state index in [1.165, 1.54) is 24.3 Å². The molecular weight excluding hydrogens is 238 g/mol. The standard InChI is InChI=1S/C12H15NO3S/c1-3-4-9-13-12(14)10-5-7-11(8-6-10)17(2,15)16/h3,5-8H,1,4,9H2,2H3,(H,13,14). The summed E-state index contributed by atoms with van der Waals surface area (Å²) in [6, 6.07) is 5.86. The minimum absolute atomic E-state index is 0.208. The Morgan fingerprint density at radius 3 is 2.41 bits per heavy atom. The van der Waals surface area contributed by atoms with E-state index in [4.69, 9.17) is 0 Å². The van der Waals surface area contributed by atoms with Gasteiger partial charge in [-0.2, -0.15) is 0 Å². The summed E-state index contributed by atoms with van der Waals surface area (Å²) in [4.78, 5) is 11.8. The molecule has 0 aromatic heterocycles. The van der Waals surface area contributed by atoms with Crippen molar-refractivity contribution >= 4 is 15.7 Å². The number of carbonyl (C=O) groups excluding carboxylic acids is 1. The lowest BCUT2D eigenvalue weighted by atomic mass is 10.2. The second-order valence-corrected chi connectivity index (χ2v) is 5.65. The highest BCUT2D eigenvalue weighted by Gasteiger charge is 2.09. The number of nitrogens with one attached hydrogen (secondary N) is 1. The fourth-order valence-electron chi connectivity index (χ4n) is 1.24. The number of carbonyl (C=O) groups is 1. The topological polar surface area (TPSA) is 63.2 Å². The highest BCUT2D eigenvalue weighted by Crippen LogP contribution is 2.10. The van der Waals surface area contributed by atoms with Crippen LogP contribution in [-0.2, 0) is 9.84 Å². The van der Waals surface area contributed by atoms with Gasteiger partial charge in [0.1, 0.15) is 0 Å². The number of hydrogen-bond donors (Lipinski definition) is 1. The van der Waals surface area contributed by atoms with E-state index in [1.54, 1.807) is 6.08 Å². The highest BCUT2D eigenvalue weighted by molar-refractivity contribution is 7.90. The van der Waals surface area contributed by atoms with Crippen LogP contribution in [0, 0.1) is 0 Å². The summed E-state index contributed by atoms with van der Waals surface area (Å²) in [6.07, 6.45) is 3.55. The van der Waals surface area contributed by atoms with Crippen molar-refractivity contribution in [3.63, 3.8) is 0 Å². The zero-order valence-corrected chi connectivity index (χ0v) is 10.5. The minimum atomic E-state index is -3.21. The number of amides is 1. The van der Waals surface area contributed by atoms with Crippen molar-refractivity contribution in [3.8, 4) is 0 Å². The number of hydrogen-bond acceptors (Lipinski definition) is 3. The Balaban J connectivity index is 2.74. The van der Waals surface area contributed by atoms with Crippen LogP contribution in [0.25, 0.3) is 0 Å². The Labute approximate surface area is 101 Å². The van der Waals surface area contributed by atoms with Gasteiger partial charge in [0, 0.05) is 18.4 Å². The number of benzene rings is 1. The molecule has 17 heavy (non-hydrogen) atoms. The minimum Gasteiger partial charge on any atom is -0.352 e. The fraction of sp³-hybridized carbons (Fsp3) is 0.250. The average molecular weight is 253 g/mol. The van der Waals surface area contributed by atoms with Crippen molar-refractivity contribution in [2.24, 2.45) is 0 Å². The summed E-state index contributed by atoms with van der Waals surface area (Å²) in [5, 5.41) is 2.70. The molecule has 0 spiro atoms. The molecule has 1 aromatic rings. The van der Waals surface area contributed by atoms with Gasteiger partial charge in [0.05, 0.1) is 4.90 Å². The van der Waals surface area contributed by atoms with E-state index in [-0.39, 0.29) is 10.8 Å². The maximum absolute atomic E-state index is 11.6. The van der Waals surface area contributed by atoms with E-state index < -0.39 is 9.84 Å². The first-order valence-electron chi connectivity index (χ1n) is 5.14. The van der Waals surface area contributed by atoms with Crippen LogP contribution in [-0.4, -0.2) is 27.1 Å². The molecule has 0 saturated carbocycles. The van der Waals surface area contributed by atoms with Gasteiger partial charge in [-0.25, -0.2) is 8.42 Å². The third-order valence-corrected chi connectivity index (χ3v) is 3.31. The van der Waals surface area contributed by atoms with Crippen LogP contribution in [0.1, 0.15) is 16.8 Å². The van der Waals surface area contributed by atoms with Gasteiger partial charge in [0.15, 0.2) is 9.84 Å². The summed E-state index contributed by atoms with van der Waals surface area (Å²) in [6.45, 7) is 4.07. The Morgan fingerprint density at radius 1 is 1.35 bits per heavy atom. The average Bonchev–Trinajstić information content (AvgIpc) is 2.28. The molecule has 0 saturated heterocycles. The third-order valence-electron chi connectivity index (χ3n) is 2.18. The van der Waals surface area contributed by atoms with Gasteiger partial charge in [0.25, 0.3) is 5.91 Å². The van der Waals surface area contributed by atoms with Crippen LogP contribution in [0.5, 0.6) is 0 Å². The van der Waals surface area contributed by atoms with Gasteiger partial charge in [-0.1, -0.05) is 6.08 Å². The molecule has 0 atom stereocenters. The zero-order valence-electron chi connectivity index (χ0n) is 9.64. The largest absolute Gasteiger partial charge is 0.352 e. The molecule has 5 heteroatoms. The van der Waals surface area contributed by atoms with E-state index in [0.717, 1.165) is 6.26 Å². The van der Waals surface area contributed by atoms with Crippen molar-refractivity contribution < 1.29 is 13.2 Å². The summed E-state index contributed by atoms with van der Waals surface area (Å²) in [5.41, 5.74) is 0.446. The first-order chi connectivity index (χ1) is 7.95. The van der Waals surface area contributed by atoms with Crippen LogP contribution in [0.15, 0.2) is 41.8 Å². The normalized spacial score (nSPS) is 10.9. The molecule has 1 amide bonds. The second-order valence-electron chi connectivity index (χ2n) is 3.63. The Bertz CT molecular complexity index is 503. The quantitative estimate of drug-likeness (QED) is 0.637. The predicted molar refractivity (Wildman–Crippen MR) is 66.7 cm³/mol. The van der Waals surface area contributed by atoms with Crippen molar-refractivity contribution in [1.82, 2.24) is 5.32 Å². The highest BCUT2D eigenvalue weighted by atomic mass is 32.2. The van der Waals surface area contributed by atoms with E-state index in [0.29, 0.717) is 18.5 Å². The molecule has 1 rings (SSSR count). The number of rotatable bonds is 5. The SMILES string of the molecule is C=CCCNC(=O)c1ccc(S(C)(=O)=O)cc1. The van der Waals surface area contributed by atoms with E-state index in [1.807, 2.05) is 0 Å². The third kappa shape index (κ3) is 4.03. The summed E-state index contributed by atoms with van der Waals surface area (Å²) >= 11 is 0. The molecule has 0 heterocycles. The van der Waals surface area contributed by atoms with Gasteiger partial charge >= 0.3 is 0 Å². The molecular formula is C12H15NO3S. The van der Waals surface area contributed by atoms with Crippen LogP contribution < -0.4 is 5.32 Å². The molecule has 0 radical (unpaired) electrons. The molecule has 0 aliphatic carbocycles. The molecule has 0 aliphatic heterocycles. The van der Waals surface area contributed by atoms with Crippen molar-refractivity contribution in [1.29, 1.82) is 0 Å². The van der Waals surface area contributed by atoms with Crippen LogP contribution in [0.4, 0.5) is 0 Å². The van der Waals surface area contributed by atoms with Gasteiger partial charge in [-0.15, -0.1) is 6.58 Å². The van der Waals surface area contributed by atoms with Crippen LogP contribution >= 0.6 is 0 Å². The van der Waals surface area contributed by atoms with Gasteiger partial charge < -0.3 is 5.32 Å². The summed E-state index contributed by atoms with van der Waals surface area (Å²) in [5.74, 6) is -0.216. The summed E-state index contributed by atoms with van der Waals surface area (Å²) in [7, 11) is -3.21. The first kappa shape index (κ1) is 13.4. The molecule has 0 aliphatic rings. The summed E-state index contributed by atoms with van der Waals surface area (Å²) < 4.78 is 22.4. The molecule has 1 N–H and O–H groups in total. The van der Waals surface area contributed by atoms with Crippen molar-refractivity contribution in [2.45, 2.75) is 11.3 Å². The van der Waals surface area contributed by atoms with Gasteiger partial charge in [0.2, 0.25) is 0 Å². The Kier molecular flexibility index (Phi) is 4.45. The maximum Gasteiger partial charge on any atom is 0.251 e. The molecule has 0 fully saturated rings. The Hall–Kier alpha value is -1.62. The van der Waals surface area contributed by atoms with Gasteiger partial charge in [-0.05, 0) is 30.7 Å². The van der Waals surface area contributed by atoms with Gasteiger partial charge in [-0.3, -0.25) is 4.79 Å². The van der Waals surface area contributed by atoms with Crippen LogP contribution in [0.2, 0.25) is 0 Å². The molecule has 0 unspecified atom stereocenters. The lowest BCUT2D eigenvalue weighted by Gasteiger charge is -2.04. The molecule has 1 aromatic carbocycles. The monoisotopic (exact) mass is 253 g/mol. The lowest BCUT2D eigenvalue weighted by Crippen LogP contribution is -2.24. The smallest absolute Gasteiger partial charge is 0.251 e. The number of sulfone groups is 1. The van der Waals surface area contributed by atoms with E-state index >= 15 is 0 Å². The molecule has 0 bridgehead atoms.